The average Bonchev–Trinajstić information content (AvgIpc) is 2.43. The number of carbonyl (C=O) groups is 1. The predicted molar refractivity (Wildman–Crippen MR) is 98.2 cm³/mol. The van der Waals surface area contributed by atoms with E-state index in [0.29, 0.717) is 6.04 Å². The van der Waals surface area contributed by atoms with Crippen molar-refractivity contribution in [2.75, 3.05) is 6.54 Å². The van der Waals surface area contributed by atoms with Gasteiger partial charge in [0.15, 0.2) is 0 Å². The molecule has 0 saturated carbocycles. The zero-order chi connectivity index (χ0) is 17.9. The summed E-state index contributed by atoms with van der Waals surface area (Å²) < 4.78 is 5.55. The Kier molecular flexibility index (Phi) is 5.92. The number of rotatable bonds is 3. The third-order valence-corrected chi connectivity index (χ3v) is 4.47. The molecule has 0 spiro atoms. The number of nitrogens with one attached hydrogen (secondary N) is 1. The zero-order valence-electron chi connectivity index (χ0n) is 16.0. The first-order valence-electron chi connectivity index (χ1n) is 8.96. The SMILES string of the molecule is Cc1cc(C)cc(CNC2CCCN(C(=O)OC(C)(C)C)C2C)c1. The van der Waals surface area contributed by atoms with Crippen molar-refractivity contribution in [3.63, 3.8) is 0 Å². The van der Waals surface area contributed by atoms with Gasteiger partial charge in [-0.3, -0.25) is 0 Å². The Morgan fingerprint density at radius 3 is 2.46 bits per heavy atom. The van der Waals surface area contributed by atoms with Crippen LogP contribution in [0.3, 0.4) is 0 Å². The lowest BCUT2D eigenvalue weighted by atomic mass is 9.97. The van der Waals surface area contributed by atoms with E-state index in [4.69, 9.17) is 4.74 Å². The van der Waals surface area contributed by atoms with Crippen LogP contribution in [-0.4, -0.2) is 35.2 Å². The van der Waals surface area contributed by atoms with Crippen molar-refractivity contribution in [3.05, 3.63) is 34.9 Å². The topological polar surface area (TPSA) is 41.6 Å². The Morgan fingerprint density at radius 1 is 1.25 bits per heavy atom. The highest BCUT2D eigenvalue weighted by Crippen LogP contribution is 2.21. The number of likely N-dealkylation sites (tertiary alicyclic amines) is 1. The van der Waals surface area contributed by atoms with E-state index in [1.54, 1.807) is 0 Å². The maximum Gasteiger partial charge on any atom is 0.410 e. The van der Waals surface area contributed by atoms with Crippen molar-refractivity contribution in [1.29, 1.82) is 0 Å². The Bertz CT molecular complexity index is 557. The molecule has 1 aliphatic heterocycles. The molecule has 2 atom stereocenters. The van der Waals surface area contributed by atoms with Gasteiger partial charge >= 0.3 is 6.09 Å². The second-order valence-electron chi connectivity index (χ2n) is 8.04. The lowest BCUT2D eigenvalue weighted by Crippen LogP contribution is -2.55. The minimum absolute atomic E-state index is 0.138. The summed E-state index contributed by atoms with van der Waals surface area (Å²) >= 11 is 0. The summed E-state index contributed by atoms with van der Waals surface area (Å²) in [6, 6.07) is 7.07. The van der Waals surface area contributed by atoms with Crippen LogP contribution in [0.5, 0.6) is 0 Å². The maximum absolute atomic E-state index is 12.4. The van der Waals surface area contributed by atoms with E-state index in [1.807, 2.05) is 25.7 Å². The lowest BCUT2D eigenvalue weighted by Gasteiger charge is -2.40. The van der Waals surface area contributed by atoms with Crippen LogP contribution >= 0.6 is 0 Å². The number of aryl methyl sites for hydroxylation is 2. The molecule has 0 radical (unpaired) electrons. The van der Waals surface area contributed by atoms with Gasteiger partial charge in [0, 0.05) is 25.2 Å². The molecule has 2 unspecified atom stereocenters. The number of hydrogen-bond donors (Lipinski definition) is 1. The number of amides is 1. The molecule has 1 N–H and O–H groups in total. The molecule has 134 valence electrons. The fourth-order valence-electron chi connectivity index (χ4n) is 3.41. The van der Waals surface area contributed by atoms with Crippen LogP contribution < -0.4 is 5.32 Å². The fraction of sp³-hybridized carbons (Fsp3) is 0.650. The molecule has 24 heavy (non-hydrogen) atoms. The molecule has 1 aromatic rings. The molecule has 1 heterocycles. The zero-order valence-corrected chi connectivity index (χ0v) is 16.0. The number of ether oxygens (including phenoxy) is 1. The van der Waals surface area contributed by atoms with Gasteiger partial charge in [0.1, 0.15) is 5.60 Å². The van der Waals surface area contributed by atoms with E-state index in [2.05, 4.69) is 44.3 Å². The monoisotopic (exact) mass is 332 g/mol. The highest BCUT2D eigenvalue weighted by atomic mass is 16.6. The normalized spacial score (nSPS) is 21.7. The van der Waals surface area contributed by atoms with Crippen molar-refractivity contribution in [1.82, 2.24) is 10.2 Å². The molecule has 0 bridgehead atoms. The molecule has 0 aliphatic carbocycles. The molecular formula is C20H32N2O2. The molecule has 2 rings (SSSR count). The Labute approximate surface area is 146 Å². The van der Waals surface area contributed by atoms with Crippen LogP contribution in [0.15, 0.2) is 18.2 Å². The summed E-state index contributed by atoms with van der Waals surface area (Å²) in [6.07, 6.45) is 1.90. The summed E-state index contributed by atoms with van der Waals surface area (Å²) in [7, 11) is 0. The largest absolute Gasteiger partial charge is 0.444 e. The Hall–Kier alpha value is -1.55. The van der Waals surface area contributed by atoms with Crippen LogP contribution in [0.25, 0.3) is 0 Å². The van der Waals surface area contributed by atoms with Gasteiger partial charge in [-0.05, 0) is 59.9 Å². The van der Waals surface area contributed by atoms with Crippen molar-refractivity contribution in [3.8, 4) is 0 Å². The number of hydrogen-bond acceptors (Lipinski definition) is 3. The fourth-order valence-corrected chi connectivity index (χ4v) is 3.41. The van der Waals surface area contributed by atoms with Gasteiger partial charge in [-0.25, -0.2) is 4.79 Å². The van der Waals surface area contributed by atoms with E-state index < -0.39 is 5.60 Å². The second kappa shape index (κ2) is 7.56. The molecule has 1 aliphatic rings. The van der Waals surface area contributed by atoms with Gasteiger partial charge in [-0.15, -0.1) is 0 Å². The molecule has 1 aromatic carbocycles. The predicted octanol–water partition coefficient (Wildman–Crippen LogP) is 4.18. The first kappa shape index (κ1) is 18.8. The van der Waals surface area contributed by atoms with Gasteiger partial charge in [0.05, 0.1) is 0 Å². The van der Waals surface area contributed by atoms with E-state index in [-0.39, 0.29) is 12.1 Å². The highest BCUT2D eigenvalue weighted by Gasteiger charge is 2.33. The van der Waals surface area contributed by atoms with Crippen molar-refractivity contribution < 1.29 is 9.53 Å². The summed E-state index contributed by atoms with van der Waals surface area (Å²) in [5.41, 5.74) is 3.43. The van der Waals surface area contributed by atoms with E-state index in [1.165, 1.54) is 16.7 Å². The lowest BCUT2D eigenvalue weighted by molar-refractivity contribution is 0.00699. The molecule has 1 fully saturated rings. The first-order chi connectivity index (χ1) is 11.2. The van der Waals surface area contributed by atoms with Gasteiger partial charge in [0.2, 0.25) is 0 Å². The van der Waals surface area contributed by atoms with E-state index in [9.17, 15) is 4.79 Å². The minimum atomic E-state index is -0.448. The molecular weight excluding hydrogens is 300 g/mol. The van der Waals surface area contributed by atoms with Crippen LogP contribution in [0.1, 0.15) is 57.2 Å². The molecule has 4 nitrogen and oxygen atoms in total. The maximum atomic E-state index is 12.4. The smallest absolute Gasteiger partial charge is 0.410 e. The third-order valence-electron chi connectivity index (χ3n) is 4.47. The average molecular weight is 332 g/mol. The number of nitrogens with zero attached hydrogens (tertiary/aromatic N) is 1. The van der Waals surface area contributed by atoms with Crippen molar-refractivity contribution >= 4 is 6.09 Å². The molecule has 0 aromatic heterocycles. The van der Waals surface area contributed by atoms with E-state index in [0.717, 1.165) is 25.9 Å². The summed E-state index contributed by atoms with van der Waals surface area (Å²) in [5.74, 6) is 0. The number of benzene rings is 1. The molecule has 1 saturated heterocycles. The van der Waals surface area contributed by atoms with Crippen LogP contribution in [-0.2, 0) is 11.3 Å². The number of carbonyl (C=O) groups excluding carboxylic acids is 1. The van der Waals surface area contributed by atoms with Crippen LogP contribution in [0, 0.1) is 13.8 Å². The van der Waals surface area contributed by atoms with Gasteiger partial charge < -0.3 is 15.0 Å². The third kappa shape index (κ3) is 5.23. The van der Waals surface area contributed by atoms with Gasteiger partial charge in [0.25, 0.3) is 0 Å². The summed E-state index contributed by atoms with van der Waals surface area (Å²) in [5, 5.41) is 3.64. The highest BCUT2D eigenvalue weighted by molar-refractivity contribution is 5.68. The van der Waals surface area contributed by atoms with Crippen molar-refractivity contribution in [2.24, 2.45) is 0 Å². The second-order valence-corrected chi connectivity index (χ2v) is 8.04. The van der Waals surface area contributed by atoms with E-state index >= 15 is 0 Å². The summed E-state index contributed by atoms with van der Waals surface area (Å²) in [4.78, 5) is 14.3. The molecule has 1 amide bonds. The Balaban J connectivity index is 1.97. The van der Waals surface area contributed by atoms with Crippen LogP contribution in [0.4, 0.5) is 4.79 Å². The Morgan fingerprint density at radius 2 is 1.88 bits per heavy atom. The molecule has 4 heteroatoms. The number of piperidine rings is 1. The minimum Gasteiger partial charge on any atom is -0.444 e. The standard InChI is InChI=1S/C20H32N2O2/c1-14-10-15(2)12-17(11-14)13-21-18-8-7-9-22(16(18)3)19(23)24-20(4,5)6/h10-12,16,18,21H,7-9,13H2,1-6H3. The van der Waals surface area contributed by atoms with Gasteiger partial charge in [-0.1, -0.05) is 29.3 Å². The quantitative estimate of drug-likeness (QED) is 0.903. The van der Waals surface area contributed by atoms with Gasteiger partial charge in [-0.2, -0.15) is 0 Å². The van der Waals surface area contributed by atoms with Crippen LogP contribution in [0.2, 0.25) is 0 Å². The van der Waals surface area contributed by atoms with Crippen molar-refractivity contribution in [2.45, 2.75) is 78.6 Å². The first-order valence-corrected chi connectivity index (χ1v) is 8.96. The summed E-state index contributed by atoms with van der Waals surface area (Å²) in [6.45, 7) is 13.7.